The molecule has 0 spiro atoms. The van der Waals surface area contributed by atoms with E-state index in [1.165, 1.54) is 0 Å². The van der Waals surface area contributed by atoms with Crippen molar-refractivity contribution >= 4 is 22.9 Å². The number of aromatic nitrogens is 1. The highest BCUT2D eigenvalue weighted by atomic mass is 32.1. The average molecular weight is 330 g/mol. The Hall–Kier alpha value is -2.09. The topological polar surface area (TPSA) is 51.2 Å². The summed E-state index contributed by atoms with van der Waals surface area (Å²) in [6.07, 6.45) is -4.80. The summed E-state index contributed by atoms with van der Waals surface area (Å²) in [7, 11) is 0. The molecule has 2 aromatic rings. The predicted octanol–water partition coefficient (Wildman–Crippen LogP) is 4.20. The first-order valence-corrected chi connectivity index (χ1v) is 7.24. The molecule has 0 aliphatic heterocycles. The van der Waals surface area contributed by atoms with Crippen molar-refractivity contribution in [2.75, 3.05) is 5.32 Å². The molecule has 0 saturated carbocycles. The third-order valence-corrected chi connectivity index (χ3v) is 3.37. The van der Waals surface area contributed by atoms with Crippen LogP contribution in [0, 0.1) is 0 Å². The highest BCUT2D eigenvalue weighted by Crippen LogP contribution is 2.33. The number of nitrogens with zero attached hydrogens (tertiary/aromatic N) is 1. The van der Waals surface area contributed by atoms with E-state index < -0.39 is 22.7 Å². The number of amides is 1. The van der Waals surface area contributed by atoms with E-state index in [1.54, 1.807) is 24.3 Å². The van der Waals surface area contributed by atoms with Crippen LogP contribution < -0.4 is 10.1 Å². The SMILES string of the molecule is CC(C)Oc1ccccc1NC(=O)c1scnc1C(F)(F)F. The molecule has 1 amide bonds. The summed E-state index contributed by atoms with van der Waals surface area (Å²) in [4.78, 5) is 14.8. The summed E-state index contributed by atoms with van der Waals surface area (Å²) in [6.45, 7) is 3.62. The van der Waals surface area contributed by atoms with Gasteiger partial charge in [-0.2, -0.15) is 13.2 Å². The predicted molar refractivity (Wildman–Crippen MR) is 77.3 cm³/mol. The van der Waals surface area contributed by atoms with Crippen LogP contribution in [0.4, 0.5) is 18.9 Å². The number of benzene rings is 1. The molecule has 0 saturated heterocycles. The van der Waals surface area contributed by atoms with Crippen LogP contribution in [-0.2, 0) is 6.18 Å². The smallest absolute Gasteiger partial charge is 0.434 e. The maximum absolute atomic E-state index is 12.8. The van der Waals surface area contributed by atoms with Crippen molar-refractivity contribution in [2.24, 2.45) is 0 Å². The quantitative estimate of drug-likeness (QED) is 0.914. The molecule has 1 aromatic heterocycles. The van der Waals surface area contributed by atoms with Crippen molar-refractivity contribution in [1.29, 1.82) is 0 Å². The Morgan fingerprint density at radius 1 is 1.32 bits per heavy atom. The number of rotatable bonds is 4. The van der Waals surface area contributed by atoms with Crippen LogP contribution in [0.2, 0.25) is 0 Å². The molecule has 2 rings (SSSR count). The lowest BCUT2D eigenvalue weighted by Gasteiger charge is -2.14. The van der Waals surface area contributed by atoms with Gasteiger partial charge in [-0.1, -0.05) is 12.1 Å². The minimum absolute atomic E-state index is 0.132. The molecule has 0 radical (unpaired) electrons. The van der Waals surface area contributed by atoms with Gasteiger partial charge in [0.1, 0.15) is 10.6 Å². The molecule has 0 fully saturated rings. The van der Waals surface area contributed by atoms with Crippen LogP contribution in [0.3, 0.4) is 0 Å². The summed E-state index contributed by atoms with van der Waals surface area (Å²) in [5.41, 5.74) is 0.119. The fraction of sp³-hybridized carbons (Fsp3) is 0.286. The average Bonchev–Trinajstić information content (AvgIpc) is 2.89. The summed E-state index contributed by atoms with van der Waals surface area (Å²) < 4.78 is 43.8. The zero-order chi connectivity index (χ0) is 16.3. The van der Waals surface area contributed by atoms with E-state index in [-0.39, 0.29) is 6.10 Å². The molecular weight excluding hydrogens is 317 g/mol. The van der Waals surface area contributed by atoms with Gasteiger partial charge in [0.15, 0.2) is 5.69 Å². The second-order valence-electron chi connectivity index (χ2n) is 4.64. The van der Waals surface area contributed by atoms with Gasteiger partial charge in [0.25, 0.3) is 5.91 Å². The Kier molecular flexibility index (Phi) is 4.70. The Balaban J connectivity index is 2.25. The zero-order valence-corrected chi connectivity index (χ0v) is 12.6. The number of alkyl halides is 3. The molecule has 8 heteroatoms. The summed E-state index contributed by atoms with van der Waals surface area (Å²) in [6, 6.07) is 6.55. The summed E-state index contributed by atoms with van der Waals surface area (Å²) in [5, 5.41) is 2.44. The van der Waals surface area contributed by atoms with E-state index in [1.807, 2.05) is 13.8 Å². The number of carbonyl (C=O) groups is 1. The third-order valence-electron chi connectivity index (χ3n) is 2.54. The number of hydrogen-bond acceptors (Lipinski definition) is 4. The Morgan fingerprint density at radius 3 is 2.64 bits per heavy atom. The van der Waals surface area contributed by atoms with Crippen LogP contribution >= 0.6 is 11.3 Å². The van der Waals surface area contributed by atoms with Gasteiger partial charge in [-0.15, -0.1) is 11.3 Å². The summed E-state index contributed by atoms with van der Waals surface area (Å²) >= 11 is 0.640. The van der Waals surface area contributed by atoms with E-state index in [0.29, 0.717) is 22.8 Å². The Bertz CT molecular complexity index is 668. The first kappa shape index (κ1) is 16.3. The van der Waals surface area contributed by atoms with E-state index in [4.69, 9.17) is 4.74 Å². The van der Waals surface area contributed by atoms with Crippen LogP contribution in [0.15, 0.2) is 29.8 Å². The Morgan fingerprint density at radius 2 is 2.00 bits per heavy atom. The Labute approximate surface area is 128 Å². The molecule has 118 valence electrons. The van der Waals surface area contributed by atoms with E-state index in [9.17, 15) is 18.0 Å². The fourth-order valence-corrected chi connectivity index (χ4v) is 2.42. The number of thiazole rings is 1. The second kappa shape index (κ2) is 6.35. The number of carbonyl (C=O) groups excluding carboxylic acids is 1. The maximum atomic E-state index is 12.8. The minimum atomic E-state index is -4.67. The van der Waals surface area contributed by atoms with Crippen molar-refractivity contribution in [3.63, 3.8) is 0 Å². The number of hydrogen-bond donors (Lipinski definition) is 1. The number of halogens is 3. The number of anilines is 1. The van der Waals surface area contributed by atoms with Gasteiger partial charge in [-0.3, -0.25) is 4.79 Å². The molecule has 1 aromatic carbocycles. The highest BCUT2D eigenvalue weighted by molar-refractivity contribution is 7.12. The molecule has 0 atom stereocenters. The number of ether oxygens (including phenoxy) is 1. The summed E-state index contributed by atoms with van der Waals surface area (Å²) in [5.74, 6) is -0.474. The number of nitrogens with one attached hydrogen (secondary N) is 1. The lowest BCUT2D eigenvalue weighted by atomic mass is 10.2. The largest absolute Gasteiger partial charge is 0.489 e. The highest BCUT2D eigenvalue weighted by Gasteiger charge is 2.38. The van der Waals surface area contributed by atoms with Crippen molar-refractivity contribution in [2.45, 2.75) is 26.1 Å². The molecule has 1 N–H and O–H groups in total. The fourth-order valence-electron chi connectivity index (χ4n) is 1.71. The van der Waals surface area contributed by atoms with Crippen molar-refractivity contribution in [3.05, 3.63) is 40.3 Å². The molecule has 0 aliphatic rings. The molecule has 4 nitrogen and oxygen atoms in total. The number of para-hydroxylation sites is 2. The van der Waals surface area contributed by atoms with E-state index in [0.717, 1.165) is 5.51 Å². The van der Waals surface area contributed by atoms with Gasteiger partial charge >= 0.3 is 6.18 Å². The molecule has 1 heterocycles. The molecule has 0 bridgehead atoms. The monoisotopic (exact) mass is 330 g/mol. The van der Waals surface area contributed by atoms with Crippen molar-refractivity contribution in [3.8, 4) is 5.75 Å². The van der Waals surface area contributed by atoms with Crippen LogP contribution in [-0.4, -0.2) is 17.0 Å². The van der Waals surface area contributed by atoms with Crippen molar-refractivity contribution < 1.29 is 22.7 Å². The van der Waals surface area contributed by atoms with Crippen LogP contribution in [0.1, 0.15) is 29.2 Å². The van der Waals surface area contributed by atoms with E-state index >= 15 is 0 Å². The maximum Gasteiger partial charge on any atom is 0.434 e. The standard InChI is InChI=1S/C14H13F3N2O2S/c1-8(2)21-10-6-4-3-5-9(10)19-13(20)11-12(14(15,16)17)18-7-22-11/h3-8H,1-2H3,(H,19,20). The lowest BCUT2D eigenvalue weighted by molar-refractivity contribution is -0.141. The van der Waals surface area contributed by atoms with Gasteiger partial charge in [-0.05, 0) is 26.0 Å². The molecule has 0 aliphatic carbocycles. The van der Waals surface area contributed by atoms with E-state index in [2.05, 4.69) is 10.3 Å². The zero-order valence-electron chi connectivity index (χ0n) is 11.8. The normalized spacial score (nSPS) is 11.5. The van der Waals surface area contributed by atoms with Crippen LogP contribution in [0.25, 0.3) is 0 Å². The van der Waals surface area contributed by atoms with Gasteiger partial charge in [0.2, 0.25) is 0 Å². The van der Waals surface area contributed by atoms with Crippen LogP contribution in [0.5, 0.6) is 5.75 Å². The van der Waals surface area contributed by atoms with Gasteiger partial charge < -0.3 is 10.1 Å². The minimum Gasteiger partial charge on any atom is -0.489 e. The molecule has 0 unspecified atom stereocenters. The first-order chi connectivity index (χ1) is 10.3. The lowest BCUT2D eigenvalue weighted by Crippen LogP contribution is -2.18. The van der Waals surface area contributed by atoms with Gasteiger partial charge in [-0.25, -0.2) is 4.98 Å². The first-order valence-electron chi connectivity index (χ1n) is 6.36. The van der Waals surface area contributed by atoms with Gasteiger partial charge in [0, 0.05) is 0 Å². The van der Waals surface area contributed by atoms with Gasteiger partial charge in [0.05, 0.1) is 17.3 Å². The molecule has 22 heavy (non-hydrogen) atoms. The second-order valence-corrected chi connectivity index (χ2v) is 5.50. The third kappa shape index (κ3) is 3.76. The van der Waals surface area contributed by atoms with Crippen molar-refractivity contribution in [1.82, 2.24) is 4.98 Å². The molecular formula is C14H13F3N2O2S.